The fraction of sp³-hybridized carbons (Fsp3) is 0.211. The molecule has 3 aromatic rings. The van der Waals surface area contributed by atoms with Gasteiger partial charge in [-0.3, -0.25) is 4.79 Å². The SMILES string of the molecule is C[C@H](Sc1nnc(CNc2cc(Cl)ccc2Cl)n1C)C(=O)Nc1ccccc1. The second-order valence-electron chi connectivity index (χ2n) is 6.05. The molecule has 0 fully saturated rings. The Morgan fingerprint density at radius 3 is 2.68 bits per heavy atom. The molecule has 2 N–H and O–H groups in total. The Hall–Kier alpha value is -2.22. The highest BCUT2D eigenvalue weighted by molar-refractivity contribution is 8.00. The van der Waals surface area contributed by atoms with Crippen LogP contribution in [0.4, 0.5) is 11.4 Å². The summed E-state index contributed by atoms with van der Waals surface area (Å²) in [7, 11) is 1.86. The minimum Gasteiger partial charge on any atom is -0.376 e. The van der Waals surface area contributed by atoms with Gasteiger partial charge in [0.15, 0.2) is 11.0 Å². The van der Waals surface area contributed by atoms with E-state index in [4.69, 9.17) is 23.2 Å². The number of anilines is 2. The second-order valence-corrected chi connectivity index (χ2v) is 8.20. The molecule has 146 valence electrons. The number of nitrogens with one attached hydrogen (secondary N) is 2. The van der Waals surface area contributed by atoms with E-state index in [1.807, 2.05) is 48.9 Å². The summed E-state index contributed by atoms with van der Waals surface area (Å²) in [5.41, 5.74) is 1.49. The predicted molar refractivity (Wildman–Crippen MR) is 115 cm³/mol. The molecular weight excluding hydrogens is 417 g/mol. The molecule has 1 atom stereocenters. The van der Waals surface area contributed by atoms with Crippen molar-refractivity contribution in [2.24, 2.45) is 7.05 Å². The van der Waals surface area contributed by atoms with E-state index in [9.17, 15) is 4.79 Å². The summed E-state index contributed by atoms with van der Waals surface area (Å²) in [5.74, 6) is 0.624. The molecular formula is C19H19Cl2N5OS. The van der Waals surface area contributed by atoms with E-state index in [-0.39, 0.29) is 11.2 Å². The molecule has 0 aliphatic heterocycles. The van der Waals surface area contributed by atoms with Gasteiger partial charge in [-0.1, -0.05) is 53.2 Å². The van der Waals surface area contributed by atoms with Gasteiger partial charge in [0, 0.05) is 17.8 Å². The number of hydrogen-bond donors (Lipinski definition) is 2. The highest BCUT2D eigenvalue weighted by Gasteiger charge is 2.19. The number of amides is 1. The van der Waals surface area contributed by atoms with Gasteiger partial charge in [0.25, 0.3) is 0 Å². The monoisotopic (exact) mass is 435 g/mol. The van der Waals surface area contributed by atoms with Crippen LogP contribution < -0.4 is 10.6 Å². The molecule has 0 spiro atoms. The molecule has 0 aliphatic rings. The Bertz CT molecular complexity index is 964. The Balaban J connectivity index is 1.61. The highest BCUT2D eigenvalue weighted by Crippen LogP contribution is 2.26. The Morgan fingerprint density at radius 2 is 1.93 bits per heavy atom. The molecule has 0 saturated heterocycles. The van der Waals surface area contributed by atoms with Crippen LogP contribution in [-0.4, -0.2) is 25.9 Å². The largest absolute Gasteiger partial charge is 0.376 e. The second kappa shape index (κ2) is 9.32. The lowest BCUT2D eigenvalue weighted by molar-refractivity contribution is -0.115. The quantitative estimate of drug-likeness (QED) is 0.518. The Labute approximate surface area is 177 Å². The molecule has 3 rings (SSSR count). The average molecular weight is 436 g/mol. The summed E-state index contributed by atoms with van der Waals surface area (Å²) in [6.07, 6.45) is 0. The third-order valence-corrected chi connectivity index (χ3v) is 5.68. The van der Waals surface area contributed by atoms with Crippen molar-refractivity contribution in [3.8, 4) is 0 Å². The zero-order valence-corrected chi connectivity index (χ0v) is 17.6. The van der Waals surface area contributed by atoms with E-state index in [1.165, 1.54) is 11.8 Å². The average Bonchev–Trinajstić information content (AvgIpc) is 3.03. The number of para-hydroxylation sites is 1. The van der Waals surface area contributed by atoms with Gasteiger partial charge in [-0.05, 0) is 37.3 Å². The van der Waals surface area contributed by atoms with Crippen LogP contribution in [-0.2, 0) is 18.4 Å². The van der Waals surface area contributed by atoms with Gasteiger partial charge in [0.1, 0.15) is 0 Å². The smallest absolute Gasteiger partial charge is 0.237 e. The number of hydrogen-bond acceptors (Lipinski definition) is 5. The molecule has 28 heavy (non-hydrogen) atoms. The van der Waals surface area contributed by atoms with Crippen LogP contribution in [0.1, 0.15) is 12.7 Å². The first-order valence-corrected chi connectivity index (χ1v) is 10.2. The van der Waals surface area contributed by atoms with Crippen molar-refractivity contribution < 1.29 is 4.79 Å². The molecule has 0 unspecified atom stereocenters. The van der Waals surface area contributed by atoms with Gasteiger partial charge < -0.3 is 15.2 Å². The summed E-state index contributed by atoms with van der Waals surface area (Å²) in [6, 6.07) is 14.6. The van der Waals surface area contributed by atoms with Crippen molar-refractivity contribution in [3.63, 3.8) is 0 Å². The van der Waals surface area contributed by atoms with Crippen LogP contribution >= 0.6 is 35.0 Å². The molecule has 6 nitrogen and oxygen atoms in total. The normalized spacial score (nSPS) is 11.9. The number of halogens is 2. The Morgan fingerprint density at radius 1 is 1.18 bits per heavy atom. The zero-order chi connectivity index (χ0) is 20.1. The minimum absolute atomic E-state index is 0.0930. The maximum Gasteiger partial charge on any atom is 0.237 e. The van der Waals surface area contributed by atoms with E-state index in [0.717, 1.165) is 11.4 Å². The van der Waals surface area contributed by atoms with Crippen LogP contribution in [0.5, 0.6) is 0 Å². The fourth-order valence-corrected chi connectivity index (χ4v) is 3.58. The molecule has 0 bridgehead atoms. The van der Waals surface area contributed by atoms with Crippen molar-refractivity contribution in [2.75, 3.05) is 10.6 Å². The number of carbonyl (C=O) groups excluding carboxylic acids is 1. The van der Waals surface area contributed by atoms with Crippen molar-refractivity contribution in [2.45, 2.75) is 23.9 Å². The van der Waals surface area contributed by atoms with Crippen LogP contribution in [0, 0.1) is 0 Å². The van der Waals surface area contributed by atoms with Crippen molar-refractivity contribution >= 4 is 52.2 Å². The highest BCUT2D eigenvalue weighted by atomic mass is 35.5. The zero-order valence-electron chi connectivity index (χ0n) is 15.3. The van der Waals surface area contributed by atoms with Crippen LogP contribution in [0.2, 0.25) is 10.0 Å². The molecule has 1 amide bonds. The first-order chi connectivity index (χ1) is 13.4. The van der Waals surface area contributed by atoms with Gasteiger partial charge in [-0.2, -0.15) is 0 Å². The Kier molecular flexibility index (Phi) is 6.83. The number of aromatic nitrogens is 3. The van der Waals surface area contributed by atoms with Crippen LogP contribution in [0.3, 0.4) is 0 Å². The van der Waals surface area contributed by atoms with E-state index in [0.29, 0.717) is 27.6 Å². The maximum atomic E-state index is 12.4. The van der Waals surface area contributed by atoms with Crippen LogP contribution in [0.25, 0.3) is 0 Å². The molecule has 1 aromatic heterocycles. The lowest BCUT2D eigenvalue weighted by atomic mass is 10.3. The van der Waals surface area contributed by atoms with E-state index in [1.54, 1.807) is 18.2 Å². The number of carbonyl (C=O) groups is 1. The summed E-state index contributed by atoms with van der Waals surface area (Å²) >= 11 is 13.5. The topological polar surface area (TPSA) is 71.8 Å². The van der Waals surface area contributed by atoms with Gasteiger partial charge in [0.2, 0.25) is 5.91 Å². The summed E-state index contributed by atoms with van der Waals surface area (Å²) in [5, 5.41) is 16.0. The number of rotatable bonds is 7. The van der Waals surface area contributed by atoms with Crippen molar-refractivity contribution in [1.29, 1.82) is 0 Å². The van der Waals surface area contributed by atoms with Gasteiger partial charge >= 0.3 is 0 Å². The van der Waals surface area contributed by atoms with Crippen molar-refractivity contribution in [1.82, 2.24) is 14.8 Å². The molecule has 2 aromatic carbocycles. The molecule has 0 saturated carbocycles. The summed E-state index contributed by atoms with van der Waals surface area (Å²) in [4.78, 5) is 12.4. The van der Waals surface area contributed by atoms with E-state index in [2.05, 4.69) is 20.8 Å². The fourth-order valence-electron chi connectivity index (χ4n) is 2.39. The number of benzene rings is 2. The lowest BCUT2D eigenvalue weighted by Crippen LogP contribution is -2.22. The maximum absolute atomic E-state index is 12.4. The van der Waals surface area contributed by atoms with Gasteiger partial charge in [-0.25, -0.2) is 0 Å². The van der Waals surface area contributed by atoms with Crippen LogP contribution in [0.15, 0.2) is 53.7 Å². The predicted octanol–water partition coefficient (Wildman–Crippen LogP) is 4.85. The van der Waals surface area contributed by atoms with Gasteiger partial charge in [-0.15, -0.1) is 10.2 Å². The first kappa shape index (κ1) is 20.5. The molecule has 0 radical (unpaired) electrons. The summed E-state index contributed by atoms with van der Waals surface area (Å²) < 4.78 is 1.85. The van der Waals surface area contributed by atoms with Gasteiger partial charge in [0.05, 0.1) is 22.5 Å². The summed E-state index contributed by atoms with van der Waals surface area (Å²) in [6.45, 7) is 2.26. The molecule has 1 heterocycles. The van der Waals surface area contributed by atoms with E-state index < -0.39 is 0 Å². The number of nitrogens with zero attached hydrogens (tertiary/aromatic N) is 3. The first-order valence-electron chi connectivity index (χ1n) is 8.54. The van der Waals surface area contributed by atoms with E-state index >= 15 is 0 Å². The third-order valence-electron chi connectivity index (χ3n) is 3.98. The molecule has 9 heteroatoms. The minimum atomic E-state index is -0.328. The third kappa shape index (κ3) is 5.19. The molecule has 0 aliphatic carbocycles. The lowest BCUT2D eigenvalue weighted by Gasteiger charge is -2.12. The number of thioether (sulfide) groups is 1. The van der Waals surface area contributed by atoms with Crippen molar-refractivity contribution in [3.05, 3.63) is 64.4 Å². The standard InChI is InChI=1S/C19H19Cl2N5OS/c1-12(18(27)23-14-6-4-3-5-7-14)28-19-25-24-17(26(19)2)11-22-16-10-13(20)8-9-15(16)21/h3-10,12,22H,11H2,1-2H3,(H,23,27)/t12-/m0/s1.